The van der Waals surface area contributed by atoms with Crippen molar-refractivity contribution in [1.29, 1.82) is 0 Å². The monoisotopic (exact) mass is 346 g/mol. The summed E-state index contributed by atoms with van der Waals surface area (Å²) in [5.74, 6) is 6.85. The molecule has 26 heavy (non-hydrogen) atoms. The number of ether oxygens (including phenoxy) is 1. The van der Waals surface area contributed by atoms with Crippen molar-refractivity contribution in [2.45, 2.75) is 6.42 Å². The first-order valence-corrected chi connectivity index (χ1v) is 8.11. The van der Waals surface area contributed by atoms with Gasteiger partial charge in [0.2, 0.25) is 0 Å². The average Bonchev–Trinajstić information content (AvgIpc) is 2.68. The van der Waals surface area contributed by atoms with Crippen molar-refractivity contribution in [2.24, 2.45) is 5.16 Å². The van der Waals surface area contributed by atoms with Gasteiger partial charge >= 0.3 is 0 Å². The molecule has 1 aromatic carbocycles. The van der Waals surface area contributed by atoms with Gasteiger partial charge in [0, 0.05) is 30.2 Å². The number of para-hydroxylation sites is 1. The van der Waals surface area contributed by atoms with Gasteiger partial charge in [0.25, 0.3) is 0 Å². The van der Waals surface area contributed by atoms with E-state index in [1.807, 2.05) is 36.4 Å². The molecule has 0 saturated carbocycles. The number of fused-ring (bicyclic) bond motifs is 1. The van der Waals surface area contributed by atoms with Crippen molar-refractivity contribution in [1.82, 2.24) is 9.97 Å². The van der Waals surface area contributed by atoms with Crippen LogP contribution in [0.5, 0.6) is 5.75 Å². The fourth-order valence-corrected chi connectivity index (χ4v) is 2.53. The normalized spacial score (nSPS) is 10.5. The Morgan fingerprint density at radius 3 is 2.96 bits per heavy atom. The molecule has 0 aliphatic carbocycles. The zero-order valence-electron chi connectivity index (χ0n) is 14.3. The number of hydrogen-bond donors (Lipinski definition) is 2. The summed E-state index contributed by atoms with van der Waals surface area (Å²) >= 11 is 0. The summed E-state index contributed by atoms with van der Waals surface area (Å²) in [7, 11) is 1.64. The molecule has 0 atom stereocenters. The molecular formula is C20H18N4O2. The molecule has 0 aliphatic heterocycles. The fraction of sp³-hybridized carbons (Fsp3) is 0.150. The molecular weight excluding hydrogens is 328 g/mol. The van der Waals surface area contributed by atoms with Gasteiger partial charge in [-0.25, -0.2) is 4.98 Å². The summed E-state index contributed by atoms with van der Waals surface area (Å²) in [5.41, 5.74) is 3.03. The van der Waals surface area contributed by atoms with Gasteiger partial charge in [-0.2, -0.15) is 0 Å². The minimum Gasteiger partial charge on any atom is -0.494 e. The van der Waals surface area contributed by atoms with Crippen LogP contribution in [-0.4, -0.2) is 35.0 Å². The highest BCUT2D eigenvalue weighted by atomic mass is 16.5. The van der Waals surface area contributed by atoms with Crippen LogP contribution in [0.15, 0.2) is 53.8 Å². The van der Waals surface area contributed by atoms with Crippen molar-refractivity contribution >= 4 is 22.8 Å². The van der Waals surface area contributed by atoms with Gasteiger partial charge in [-0.15, -0.1) is 0 Å². The van der Waals surface area contributed by atoms with Crippen LogP contribution < -0.4 is 10.1 Å². The highest BCUT2D eigenvalue weighted by Gasteiger charge is 2.05. The lowest BCUT2D eigenvalue weighted by Gasteiger charge is -2.10. The summed E-state index contributed by atoms with van der Waals surface area (Å²) in [5, 5.41) is 15.9. The van der Waals surface area contributed by atoms with Gasteiger partial charge in [-0.1, -0.05) is 29.3 Å². The highest BCUT2D eigenvalue weighted by molar-refractivity contribution is 5.94. The van der Waals surface area contributed by atoms with E-state index in [1.165, 1.54) is 6.21 Å². The Labute approximate surface area is 151 Å². The van der Waals surface area contributed by atoms with Crippen LogP contribution in [0.4, 0.5) is 5.69 Å². The van der Waals surface area contributed by atoms with Crippen molar-refractivity contribution in [3.05, 3.63) is 60.0 Å². The van der Waals surface area contributed by atoms with E-state index in [0.717, 1.165) is 22.3 Å². The highest BCUT2D eigenvalue weighted by Crippen LogP contribution is 2.28. The summed E-state index contributed by atoms with van der Waals surface area (Å²) < 4.78 is 5.36. The second-order valence-corrected chi connectivity index (χ2v) is 5.39. The Morgan fingerprint density at radius 1 is 1.23 bits per heavy atom. The number of nitrogens with zero attached hydrogens (tertiary/aromatic N) is 3. The number of oxime groups is 1. The van der Waals surface area contributed by atoms with Crippen LogP contribution in [0, 0.1) is 11.8 Å². The molecule has 2 N–H and O–H groups in total. The number of hydrogen-bond acceptors (Lipinski definition) is 6. The van der Waals surface area contributed by atoms with E-state index in [0.29, 0.717) is 24.4 Å². The summed E-state index contributed by atoms with van der Waals surface area (Å²) in [6.45, 7) is 0.696. The summed E-state index contributed by atoms with van der Waals surface area (Å²) in [6.07, 6.45) is 3.69. The first-order valence-electron chi connectivity index (χ1n) is 8.11. The quantitative estimate of drug-likeness (QED) is 0.244. The summed E-state index contributed by atoms with van der Waals surface area (Å²) in [4.78, 5) is 8.64. The molecule has 0 radical (unpaired) electrons. The number of pyridine rings is 2. The molecule has 6 heteroatoms. The van der Waals surface area contributed by atoms with Gasteiger partial charge in [0.1, 0.15) is 17.0 Å². The number of rotatable bonds is 5. The average molecular weight is 346 g/mol. The lowest BCUT2D eigenvalue weighted by molar-refractivity contribution is 0.321. The first-order chi connectivity index (χ1) is 12.8. The van der Waals surface area contributed by atoms with Crippen LogP contribution in [0.2, 0.25) is 0 Å². The lowest BCUT2D eigenvalue weighted by Crippen LogP contribution is -2.01. The standard InChI is InChI=1S/C20H18N4O2/c1-26-19-10-5-9-17-18(11-13-22-20(17)19)21-12-3-2-6-15-7-4-8-16(24-15)14-23-25/h4-5,7-11,13-14,25H,3,12H2,1H3,(H,21,22)/b23-14+. The number of aromatic nitrogens is 2. The molecule has 2 heterocycles. The first kappa shape index (κ1) is 17.2. The Hall–Kier alpha value is -3.59. The van der Waals surface area contributed by atoms with E-state index in [4.69, 9.17) is 9.94 Å². The predicted molar refractivity (Wildman–Crippen MR) is 102 cm³/mol. The molecule has 3 rings (SSSR count). The summed E-state index contributed by atoms with van der Waals surface area (Å²) in [6, 6.07) is 13.2. The maximum atomic E-state index is 8.55. The maximum absolute atomic E-state index is 8.55. The molecule has 0 saturated heterocycles. The van der Waals surface area contributed by atoms with E-state index in [2.05, 4.69) is 32.3 Å². The Bertz CT molecular complexity index is 990. The molecule has 0 spiro atoms. The van der Waals surface area contributed by atoms with Gasteiger partial charge in [0.05, 0.1) is 19.0 Å². The van der Waals surface area contributed by atoms with E-state index in [9.17, 15) is 0 Å². The Morgan fingerprint density at radius 2 is 2.12 bits per heavy atom. The Kier molecular flexibility index (Phi) is 5.63. The van der Waals surface area contributed by atoms with Gasteiger partial charge < -0.3 is 15.3 Å². The van der Waals surface area contributed by atoms with Crippen LogP contribution >= 0.6 is 0 Å². The topological polar surface area (TPSA) is 79.6 Å². The molecule has 0 unspecified atom stereocenters. The van der Waals surface area contributed by atoms with E-state index in [1.54, 1.807) is 19.4 Å². The molecule has 0 aliphatic rings. The number of methoxy groups -OCH3 is 1. The Balaban J connectivity index is 1.65. The molecule has 2 aromatic heterocycles. The minimum absolute atomic E-state index is 0.564. The van der Waals surface area contributed by atoms with Crippen molar-refractivity contribution < 1.29 is 9.94 Å². The second kappa shape index (κ2) is 8.49. The van der Waals surface area contributed by atoms with Gasteiger partial charge in [0.15, 0.2) is 0 Å². The molecule has 0 fully saturated rings. The molecule has 130 valence electrons. The predicted octanol–water partition coefficient (Wildman–Crippen LogP) is 3.30. The van der Waals surface area contributed by atoms with Crippen LogP contribution in [-0.2, 0) is 0 Å². The molecule has 6 nitrogen and oxygen atoms in total. The fourth-order valence-electron chi connectivity index (χ4n) is 2.53. The van der Waals surface area contributed by atoms with Gasteiger partial charge in [-0.3, -0.25) is 4.98 Å². The number of benzene rings is 1. The smallest absolute Gasteiger partial charge is 0.145 e. The van der Waals surface area contributed by atoms with Crippen LogP contribution in [0.3, 0.4) is 0 Å². The van der Waals surface area contributed by atoms with Crippen molar-refractivity contribution in [2.75, 3.05) is 19.0 Å². The lowest BCUT2D eigenvalue weighted by atomic mass is 10.1. The third kappa shape index (κ3) is 4.08. The zero-order valence-corrected chi connectivity index (χ0v) is 14.3. The zero-order chi connectivity index (χ0) is 18.2. The number of anilines is 1. The number of nitrogens with one attached hydrogen (secondary N) is 1. The van der Waals surface area contributed by atoms with Crippen LogP contribution in [0.25, 0.3) is 10.9 Å². The van der Waals surface area contributed by atoms with Crippen LogP contribution in [0.1, 0.15) is 17.8 Å². The van der Waals surface area contributed by atoms with Gasteiger partial charge in [-0.05, 0) is 30.2 Å². The minimum atomic E-state index is 0.564. The van der Waals surface area contributed by atoms with E-state index < -0.39 is 0 Å². The largest absolute Gasteiger partial charge is 0.494 e. The molecule has 0 bridgehead atoms. The van der Waals surface area contributed by atoms with E-state index >= 15 is 0 Å². The maximum Gasteiger partial charge on any atom is 0.145 e. The second-order valence-electron chi connectivity index (χ2n) is 5.39. The third-order valence-electron chi connectivity index (χ3n) is 3.70. The van der Waals surface area contributed by atoms with Crippen molar-refractivity contribution in [3.63, 3.8) is 0 Å². The molecule has 3 aromatic rings. The molecule has 0 amide bonds. The SMILES string of the molecule is COc1cccc2c(NCCC#Cc3cccc(/C=N/O)n3)ccnc12. The van der Waals surface area contributed by atoms with E-state index in [-0.39, 0.29) is 0 Å². The third-order valence-corrected chi connectivity index (χ3v) is 3.70. The van der Waals surface area contributed by atoms with Crippen molar-refractivity contribution in [3.8, 4) is 17.6 Å².